The highest BCUT2D eigenvalue weighted by molar-refractivity contribution is 7.81. The van der Waals surface area contributed by atoms with E-state index in [1.54, 1.807) is 0 Å². The molecule has 0 amide bonds. The molecule has 0 spiro atoms. The second kappa shape index (κ2) is 1.70. The van der Waals surface area contributed by atoms with Gasteiger partial charge in [-0.3, -0.25) is 0 Å². The fourth-order valence-electron chi connectivity index (χ4n) is 1.12. The van der Waals surface area contributed by atoms with E-state index in [0.717, 1.165) is 0 Å². The topological polar surface area (TPSA) is 0 Å². The van der Waals surface area contributed by atoms with E-state index in [1.165, 1.54) is 25.7 Å². The lowest BCUT2D eigenvalue weighted by Crippen LogP contribution is -2.07. The van der Waals surface area contributed by atoms with Crippen LogP contribution < -0.4 is 0 Å². The van der Waals surface area contributed by atoms with Gasteiger partial charge in [0.15, 0.2) is 0 Å². The molecule has 1 rings (SSSR count). The van der Waals surface area contributed by atoms with Crippen molar-refractivity contribution in [1.82, 2.24) is 0 Å². The van der Waals surface area contributed by atoms with E-state index >= 15 is 0 Å². The van der Waals surface area contributed by atoms with Gasteiger partial charge in [0.1, 0.15) is 0 Å². The molecule has 0 aromatic heterocycles. The van der Waals surface area contributed by atoms with Crippen LogP contribution in [0.2, 0.25) is 0 Å². The molecule has 0 nitrogen and oxygen atoms in total. The van der Waals surface area contributed by atoms with Crippen LogP contribution in [0.4, 0.5) is 0 Å². The summed E-state index contributed by atoms with van der Waals surface area (Å²) < 4.78 is 0.278. The molecule has 0 aromatic carbocycles. The Kier molecular flexibility index (Phi) is 1.33. The molecule has 0 N–H and O–H groups in total. The quantitative estimate of drug-likeness (QED) is 0.455. The van der Waals surface area contributed by atoms with Crippen LogP contribution in [0, 0.1) is 0 Å². The standard InChI is InChI=1S/C6H11S/c1-6(7)4-2-3-5-6/h2-5H2,1H3. The maximum Gasteiger partial charge on any atom is 0.0235 e. The molecule has 41 valence electrons. The third kappa shape index (κ3) is 1.37. The Morgan fingerprint density at radius 1 is 1.29 bits per heavy atom. The predicted molar refractivity (Wildman–Crippen MR) is 34.5 cm³/mol. The summed E-state index contributed by atoms with van der Waals surface area (Å²) in [6, 6.07) is 0. The first-order valence-electron chi connectivity index (χ1n) is 2.91. The lowest BCUT2D eigenvalue weighted by atomic mass is 10.1. The average Bonchev–Trinajstić information content (AvgIpc) is 1.84. The van der Waals surface area contributed by atoms with Crippen molar-refractivity contribution in [3.63, 3.8) is 0 Å². The third-order valence-electron chi connectivity index (χ3n) is 1.66. The number of hydrogen-bond acceptors (Lipinski definition) is 0. The molecular formula is C6H11S. The van der Waals surface area contributed by atoms with Gasteiger partial charge < -0.3 is 0 Å². The molecule has 0 bridgehead atoms. The lowest BCUT2D eigenvalue weighted by Gasteiger charge is -2.11. The second-order valence-corrected chi connectivity index (χ2v) is 3.64. The molecule has 0 unspecified atom stereocenters. The van der Waals surface area contributed by atoms with Crippen molar-refractivity contribution in [2.24, 2.45) is 0 Å². The summed E-state index contributed by atoms with van der Waals surface area (Å²) in [7, 11) is 0. The summed E-state index contributed by atoms with van der Waals surface area (Å²) >= 11 is 5.21. The smallest absolute Gasteiger partial charge is 0.0235 e. The van der Waals surface area contributed by atoms with Crippen LogP contribution in [0.3, 0.4) is 0 Å². The molecule has 1 fully saturated rings. The zero-order chi connectivity index (χ0) is 5.33. The van der Waals surface area contributed by atoms with Crippen LogP contribution in [0.1, 0.15) is 32.6 Å². The van der Waals surface area contributed by atoms with E-state index in [9.17, 15) is 0 Å². The minimum Gasteiger partial charge on any atom is -0.0870 e. The monoisotopic (exact) mass is 115 g/mol. The summed E-state index contributed by atoms with van der Waals surface area (Å²) in [6.45, 7) is 2.18. The molecule has 1 radical (unpaired) electrons. The fourth-order valence-corrected chi connectivity index (χ4v) is 1.41. The first-order chi connectivity index (χ1) is 3.21. The van der Waals surface area contributed by atoms with Crippen molar-refractivity contribution in [2.45, 2.75) is 37.4 Å². The zero-order valence-electron chi connectivity index (χ0n) is 4.74. The maximum atomic E-state index is 5.21. The van der Waals surface area contributed by atoms with Gasteiger partial charge in [-0.15, -0.1) is 0 Å². The fraction of sp³-hybridized carbons (Fsp3) is 1.00. The van der Waals surface area contributed by atoms with Crippen LogP contribution in [0.5, 0.6) is 0 Å². The first kappa shape index (κ1) is 5.49. The van der Waals surface area contributed by atoms with E-state index in [0.29, 0.717) is 0 Å². The summed E-state index contributed by atoms with van der Waals surface area (Å²) in [4.78, 5) is 0. The molecule has 0 atom stereocenters. The SMILES string of the molecule is CC1([S])CCCC1. The molecule has 0 saturated heterocycles. The van der Waals surface area contributed by atoms with Crippen LogP contribution in [-0.2, 0) is 0 Å². The van der Waals surface area contributed by atoms with Gasteiger partial charge in [-0.25, -0.2) is 0 Å². The van der Waals surface area contributed by atoms with Crippen molar-refractivity contribution >= 4 is 12.6 Å². The molecular weight excluding hydrogens is 104 g/mol. The molecule has 1 aliphatic rings. The van der Waals surface area contributed by atoms with Crippen molar-refractivity contribution in [3.05, 3.63) is 0 Å². The Hall–Kier alpha value is 0.350. The van der Waals surface area contributed by atoms with E-state index in [-0.39, 0.29) is 4.75 Å². The molecule has 1 saturated carbocycles. The highest BCUT2D eigenvalue weighted by atomic mass is 32.1. The Morgan fingerprint density at radius 2 is 1.71 bits per heavy atom. The van der Waals surface area contributed by atoms with Gasteiger partial charge in [0.05, 0.1) is 0 Å². The zero-order valence-corrected chi connectivity index (χ0v) is 5.55. The molecule has 0 heterocycles. The van der Waals surface area contributed by atoms with Crippen LogP contribution >= 0.6 is 12.6 Å². The normalized spacial score (nSPS) is 28.3. The van der Waals surface area contributed by atoms with Crippen LogP contribution in [0.25, 0.3) is 0 Å². The van der Waals surface area contributed by atoms with E-state index in [1.807, 2.05) is 0 Å². The third-order valence-corrected chi connectivity index (χ3v) is 2.07. The van der Waals surface area contributed by atoms with E-state index < -0.39 is 0 Å². The van der Waals surface area contributed by atoms with Crippen molar-refractivity contribution in [1.29, 1.82) is 0 Å². The van der Waals surface area contributed by atoms with Gasteiger partial charge in [-0.2, -0.15) is 0 Å². The molecule has 7 heavy (non-hydrogen) atoms. The highest BCUT2D eigenvalue weighted by Crippen LogP contribution is 2.34. The van der Waals surface area contributed by atoms with E-state index in [4.69, 9.17) is 12.6 Å². The van der Waals surface area contributed by atoms with Gasteiger partial charge in [0.2, 0.25) is 0 Å². The average molecular weight is 115 g/mol. The minimum atomic E-state index is 0.278. The Bertz CT molecular complexity index is 58.6. The Balaban J connectivity index is 2.40. The Labute approximate surface area is 50.7 Å². The molecule has 0 aliphatic heterocycles. The largest absolute Gasteiger partial charge is 0.0870 e. The van der Waals surface area contributed by atoms with Crippen molar-refractivity contribution < 1.29 is 0 Å². The molecule has 0 aromatic rings. The van der Waals surface area contributed by atoms with Gasteiger partial charge >= 0.3 is 0 Å². The predicted octanol–water partition coefficient (Wildman–Crippen LogP) is 2.52. The number of hydrogen-bond donors (Lipinski definition) is 0. The molecule has 1 heteroatoms. The summed E-state index contributed by atoms with van der Waals surface area (Å²) in [5, 5.41) is 0. The Morgan fingerprint density at radius 3 is 1.86 bits per heavy atom. The van der Waals surface area contributed by atoms with Gasteiger partial charge in [0.25, 0.3) is 0 Å². The summed E-state index contributed by atoms with van der Waals surface area (Å²) in [5.74, 6) is 0. The van der Waals surface area contributed by atoms with Crippen molar-refractivity contribution in [3.8, 4) is 0 Å². The first-order valence-corrected chi connectivity index (χ1v) is 3.32. The second-order valence-electron chi connectivity index (χ2n) is 2.66. The van der Waals surface area contributed by atoms with Gasteiger partial charge in [-0.05, 0) is 19.8 Å². The maximum absolute atomic E-state index is 5.21. The summed E-state index contributed by atoms with van der Waals surface area (Å²) in [5.41, 5.74) is 0. The molecule has 1 aliphatic carbocycles. The highest BCUT2D eigenvalue weighted by Gasteiger charge is 2.24. The van der Waals surface area contributed by atoms with E-state index in [2.05, 4.69) is 6.92 Å². The lowest BCUT2D eigenvalue weighted by molar-refractivity contribution is 0.679. The minimum absolute atomic E-state index is 0.278. The van der Waals surface area contributed by atoms with Crippen molar-refractivity contribution in [2.75, 3.05) is 0 Å². The van der Waals surface area contributed by atoms with Gasteiger partial charge in [0, 0.05) is 4.75 Å². The van der Waals surface area contributed by atoms with Gasteiger partial charge in [-0.1, -0.05) is 25.5 Å². The van der Waals surface area contributed by atoms with Crippen LogP contribution in [-0.4, -0.2) is 4.75 Å². The number of rotatable bonds is 0. The summed E-state index contributed by atoms with van der Waals surface area (Å²) in [6.07, 6.45) is 5.25. The van der Waals surface area contributed by atoms with Crippen LogP contribution in [0.15, 0.2) is 0 Å².